The van der Waals surface area contributed by atoms with Gasteiger partial charge in [-0.1, -0.05) is 0 Å². The third-order valence-electron chi connectivity index (χ3n) is 2.07. The molecule has 4 nitrogen and oxygen atoms in total. The average molecular weight is 234 g/mol. The molecule has 0 saturated carbocycles. The number of rotatable bonds is 4. The number of ether oxygens (including phenoxy) is 1. The molecule has 0 bridgehead atoms. The minimum atomic E-state index is -0.366. The number of hydrogen-bond acceptors (Lipinski definition) is 4. The Morgan fingerprint density at radius 2 is 2.13 bits per heavy atom. The van der Waals surface area contributed by atoms with Crippen molar-refractivity contribution in [2.75, 3.05) is 13.7 Å². The highest BCUT2D eigenvalue weighted by molar-refractivity contribution is 5.85. The van der Waals surface area contributed by atoms with Gasteiger partial charge in [0.2, 0.25) is 0 Å². The molecule has 1 aromatic rings. The molecule has 1 rings (SSSR count). The van der Waals surface area contributed by atoms with Crippen molar-refractivity contribution in [3.63, 3.8) is 0 Å². The highest BCUT2D eigenvalue weighted by atomic mass is 35.5. The van der Waals surface area contributed by atoms with Crippen LogP contribution in [-0.4, -0.2) is 23.9 Å². The summed E-state index contributed by atoms with van der Waals surface area (Å²) in [5.41, 5.74) is 6.35. The summed E-state index contributed by atoms with van der Waals surface area (Å²) in [5.74, 6) is 0.776. The largest absolute Gasteiger partial charge is 0.508 e. The summed E-state index contributed by atoms with van der Waals surface area (Å²) in [5, 5.41) is 18.2. The van der Waals surface area contributed by atoms with E-state index in [4.69, 9.17) is 15.6 Å². The average Bonchev–Trinajstić information content (AvgIpc) is 2.19. The molecule has 86 valence electrons. The summed E-state index contributed by atoms with van der Waals surface area (Å²) in [6.07, 6.45) is 0.417. The SMILES string of the molecule is COc1ccc(O)c([C@H](N)CCO)c1.Cl. The molecule has 0 amide bonds. The van der Waals surface area contributed by atoms with Gasteiger partial charge in [-0.2, -0.15) is 0 Å². The molecular formula is C10H16ClNO3. The van der Waals surface area contributed by atoms with Crippen molar-refractivity contribution in [2.45, 2.75) is 12.5 Å². The van der Waals surface area contributed by atoms with Gasteiger partial charge in [-0.3, -0.25) is 0 Å². The first-order valence-electron chi connectivity index (χ1n) is 4.42. The smallest absolute Gasteiger partial charge is 0.120 e. The molecule has 0 heterocycles. The van der Waals surface area contributed by atoms with Crippen LogP contribution in [0.5, 0.6) is 11.5 Å². The zero-order valence-corrected chi connectivity index (χ0v) is 9.33. The van der Waals surface area contributed by atoms with E-state index in [-0.39, 0.29) is 30.8 Å². The van der Waals surface area contributed by atoms with Crippen molar-refractivity contribution in [1.29, 1.82) is 0 Å². The molecule has 0 aromatic heterocycles. The van der Waals surface area contributed by atoms with E-state index < -0.39 is 0 Å². The van der Waals surface area contributed by atoms with Crippen LogP contribution in [0.3, 0.4) is 0 Å². The Morgan fingerprint density at radius 1 is 1.47 bits per heavy atom. The predicted octanol–water partition coefficient (Wildman–Crippen LogP) is 1.20. The second kappa shape index (κ2) is 6.50. The molecule has 15 heavy (non-hydrogen) atoms. The molecular weight excluding hydrogens is 218 g/mol. The van der Waals surface area contributed by atoms with E-state index in [2.05, 4.69) is 0 Å². The van der Waals surface area contributed by atoms with Crippen molar-refractivity contribution in [3.05, 3.63) is 23.8 Å². The highest BCUT2D eigenvalue weighted by Crippen LogP contribution is 2.28. The maximum atomic E-state index is 9.51. The molecule has 5 heteroatoms. The topological polar surface area (TPSA) is 75.7 Å². The van der Waals surface area contributed by atoms with E-state index in [0.717, 1.165) is 0 Å². The summed E-state index contributed by atoms with van der Waals surface area (Å²) in [4.78, 5) is 0. The van der Waals surface area contributed by atoms with Crippen molar-refractivity contribution >= 4 is 12.4 Å². The lowest BCUT2D eigenvalue weighted by atomic mass is 10.0. The van der Waals surface area contributed by atoms with E-state index in [9.17, 15) is 5.11 Å². The Labute approximate surface area is 95.1 Å². The summed E-state index contributed by atoms with van der Waals surface area (Å²) in [6.45, 7) is -0.00217. The number of phenolic OH excluding ortho intramolecular Hbond substituents is 1. The second-order valence-corrected chi connectivity index (χ2v) is 3.04. The van der Waals surface area contributed by atoms with Crippen LogP contribution in [0, 0.1) is 0 Å². The van der Waals surface area contributed by atoms with E-state index in [0.29, 0.717) is 17.7 Å². The first-order chi connectivity index (χ1) is 6.69. The summed E-state index contributed by atoms with van der Waals surface area (Å²) in [7, 11) is 1.55. The lowest BCUT2D eigenvalue weighted by Crippen LogP contribution is -2.12. The summed E-state index contributed by atoms with van der Waals surface area (Å²) < 4.78 is 5.01. The Bertz CT molecular complexity index is 307. The molecule has 0 unspecified atom stereocenters. The van der Waals surface area contributed by atoms with Gasteiger partial charge in [0.05, 0.1) is 7.11 Å². The van der Waals surface area contributed by atoms with Crippen LogP contribution in [0.2, 0.25) is 0 Å². The van der Waals surface area contributed by atoms with Crippen LogP contribution in [-0.2, 0) is 0 Å². The van der Waals surface area contributed by atoms with Gasteiger partial charge in [-0.15, -0.1) is 12.4 Å². The summed E-state index contributed by atoms with van der Waals surface area (Å²) in [6, 6.07) is 4.50. The maximum absolute atomic E-state index is 9.51. The Morgan fingerprint density at radius 3 is 2.67 bits per heavy atom. The van der Waals surface area contributed by atoms with Crippen LogP contribution < -0.4 is 10.5 Å². The Hall–Kier alpha value is -0.970. The number of benzene rings is 1. The van der Waals surface area contributed by atoms with E-state index in [1.165, 1.54) is 6.07 Å². The molecule has 0 saturated heterocycles. The first kappa shape index (κ1) is 14.0. The lowest BCUT2D eigenvalue weighted by molar-refractivity contribution is 0.275. The standard InChI is InChI=1S/C10H15NO3.ClH/c1-14-7-2-3-10(13)8(6-7)9(11)4-5-12;/h2-3,6,9,12-13H,4-5,11H2,1H3;1H/t9-;/m1./s1. The third kappa shape index (κ3) is 3.58. The van der Waals surface area contributed by atoms with Gasteiger partial charge >= 0.3 is 0 Å². The number of nitrogens with two attached hydrogens (primary N) is 1. The highest BCUT2D eigenvalue weighted by Gasteiger charge is 2.11. The molecule has 1 atom stereocenters. The number of aliphatic hydroxyl groups is 1. The fraction of sp³-hybridized carbons (Fsp3) is 0.400. The maximum Gasteiger partial charge on any atom is 0.120 e. The van der Waals surface area contributed by atoms with Crippen molar-refractivity contribution in [1.82, 2.24) is 0 Å². The number of aliphatic hydroxyl groups excluding tert-OH is 1. The van der Waals surface area contributed by atoms with Gasteiger partial charge in [0.25, 0.3) is 0 Å². The number of aromatic hydroxyl groups is 1. The molecule has 0 aliphatic heterocycles. The van der Waals surface area contributed by atoms with Crippen LogP contribution >= 0.6 is 12.4 Å². The van der Waals surface area contributed by atoms with Gasteiger partial charge in [0, 0.05) is 18.2 Å². The fourth-order valence-electron chi connectivity index (χ4n) is 1.25. The lowest BCUT2D eigenvalue weighted by Gasteiger charge is -2.13. The minimum absolute atomic E-state index is 0. The normalized spacial score (nSPS) is 11.7. The molecule has 0 fully saturated rings. The number of hydrogen-bond donors (Lipinski definition) is 3. The second-order valence-electron chi connectivity index (χ2n) is 3.04. The number of phenols is 1. The quantitative estimate of drug-likeness (QED) is 0.731. The number of methoxy groups -OCH3 is 1. The van der Waals surface area contributed by atoms with E-state index in [1.807, 2.05) is 0 Å². The van der Waals surface area contributed by atoms with Crippen molar-refractivity contribution < 1.29 is 14.9 Å². The molecule has 0 spiro atoms. The first-order valence-corrected chi connectivity index (χ1v) is 4.42. The zero-order chi connectivity index (χ0) is 10.6. The molecule has 0 radical (unpaired) electrons. The van der Waals surface area contributed by atoms with E-state index in [1.54, 1.807) is 19.2 Å². The van der Waals surface area contributed by atoms with Crippen molar-refractivity contribution in [2.24, 2.45) is 5.73 Å². The van der Waals surface area contributed by atoms with E-state index >= 15 is 0 Å². The van der Waals surface area contributed by atoms with Gasteiger partial charge in [0.1, 0.15) is 11.5 Å². The van der Waals surface area contributed by atoms with Gasteiger partial charge < -0.3 is 20.7 Å². The van der Waals surface area contributed by atoms with Crippen LogP contribution in [0.15, 0.2) is 18.2 Å². The molecule has 4 N–H and O–H groups in total. The Kier molecular flexibility index (Phi) is 6.08. The van der Waals surface area contributed by atoms with Crippen LogP contribution in [0.25, 0.3) is 0 Å². The third-order valence-corrected chi connectivity index (χ3v) is 2.07. The fourth-order valence-corrected chi connectivity index (χ4v) is 1.25. The predicted molar refractivity (Wildman–Crippen MR) is 60.5 cm³/mol. The zero-order valence-electron chi connectivity index (χ0n) is 8.51. The number of halogens is 1. The van der Waals surface area contributed by atoms with Gasteiger partial charge in [0.15, 0.2) is 0 Å². The Balaban J connectivity index is 0.00000196. The molecule has 0 aliphatic rings. The van der Waals surface area contributed by atoms with Gasteiger partial charge in [-0.05, 0) is 24.6 Å². The summed E-state index contributed by atoms with van der Waals surface area (Å²) >= 11 is 0. The molecule has 0 aliphatic carbocycles. The van der Waals surface area contributed by atoms with Crippen LogP contribution in [0.1, 0.15) is 18.0 Å². The van der Waals surface area contributed by atoms with Crippen LogP contribution in [0.4, 0.5) is 0 Å². The monoisotopic (exact) mass is 233 g/mol. The van der Waals surface area contributed by atoms with Crippen molar-refractivity contribution in [3.8, 4) is 11.5 Å². The molecule has 1 aromatic carbocycles. The minimum Gasteiger partial charge on any atom is -0.508 e. The van der Waals surface area contributed by atoms with Gasteiger partial charge in [-0.25, -0.2) is 0 Å².